The lowest BCUT2D eigenvalue weighted by molar-refractivity contribution is -0.117. The normalized spacial score (nSPS) is 13.8. The summed E-state index contributed by atoms with van der Waals surface area (Å²) < 4.78 is 6.74. The molecule has 0 aromatic heterocycles. The van der Waals surface area contributed by atoms with Crippen molar-refractivity contribution >= 4 is 27.9 Å². The molecular weight excluding hydrogens is 380 g/mol. The molecule has 1 saturated carbocycles. The lowest BCUT2D eigenvalue weighted by atomic mass is 10.1. The van der Waals surface area contributed by atoms with Crippen molar-refractivity contribution in [1.29, 1.82) is 5.26 Å². The molecule has 0 heterocycles. The van der Waals surface area contributed by atoms with Gasteiger partial charge in [-0.3, -0.25) is 4.79 Å². The van der Waals surface area contributed by atoms with E-state index < -0.39 is 0 Å². The number of halogens is 1. The third kappa shape index (κ3) is 4.94. The average molecular weight is 397 g/mol. The van der Waals surface area contributed by atoms with E-state index in [2.05, 4.69) is 21.2 Å². The number of benzene rings is 2. The zero-order valence-corrected chi connectivity index (χ0v) is 15.1. The lowest BCUT2D eigenvalue weighted by Gasteiger charge is -2.10. The monoisotopic (exact) mass is 396 g/mol. The fourth-order valence-corrected chi connectivity index (χ4v) is 2.67. The first kappa shape index (κ1) is 17.2. The molecule has 0 spiro atoms. The van der Waals surface area contributed by atoms with Crippen molar-refractivity contribution in [2.75, 3.05) is 0 Å². The van der Waals surface area contributed by atoms with Crippen molar-refractivity contribution in [3.05, 3.63) is 69.7 Å². The number of nitriles is 1. The molecule has 2 aromatic carbocycles. The summed E-state index contributed by atoms with van der Waals surface area (Å²) in [4.78, 5) is 12.2. The Morgan fingerprint density at radius 2 is 2.04 bits per heavy atom. The Morgan fingerprint density at radius 1 is 1.28 bits per heavy atom. The van der Waals surface area contributed by atoms with Crippen LogP contribution in [0.3, 0.4) is 0 Å². The smallest absolute Gasteiger partial charge is 0.262 e. The van der Waals surface area contributed by atoms with Crippen LogP contribution in [0.15, 0.2) is 58.6 Å². The van der Waals surface area contributed by atoms with Gasteiger partial charge in [0.25, 0.3) is 5.91 Å². The van der Waals surface area contributed by atoms with E-state index >= 15 is 0 Å². The zero-order chi connectivity index (χ0) is 17.6. The summed E-state index contributed by atoms with van der Waals surface area (Å²) in [7, 11) is 0. The minimum atomic E-state index is -0.334. The number of carbonyl (C=O) groups excluding carboxylic acids is 1. The van der Waals surface area contributed by atoms with E-state index in [1.807, 2.05) is 54.6 Å². The quantitative estimate of drug-likeness (QED) is 0.587. The van der Waals surface area contributed by atoms with Gasteiger partial charge in [-0.25, -0.2) is 0 Å². The maximum absolute atomic E-state index is 12.2. The average Bonchev–Trinajstić information content (AvgIpc) is 3.43. The highest BCUT2D eigenvalue weighted by atomic mass is 79.9. The maximum atomic E-state index is 12.2. The van der Waals surface area contributed by atoms with Crippen LogP contribution < -0.4 is 10.1 Å². The third-order valence-corrected chi connectivity index (χ3v) is 4.28. The van der Waals surface area contributed by atoms with Gasteiger partial charge in [-0.05, 0) is 42.7 Å². The van der Waals surface area contributed by atoms with Crippen LogP contribution in [0.1, 0.15) is 24.0 Å². The molecule has 1 aliphatic carbocycles. The topological polar surface area (TPSA) is 62.1 Å². The minimum absolute atomic E-state index is 0.0783. The number of amides is 1. The first-order valence-electron chi connectivity index (χ1n) is 8.04. The molecule has 0 atom stereocenters. The summed E-state index contributed by atoms with van der Waals surface area (Å²) in [6.45, 7) is 0.416. The fraction of sp³-hybridized carbons (Fsp3) is 0.200. The molecule has 25 heavy (non-hydrogen) atoms. The first-order chi connectivity index (χ1) is 12.2. The fourth-order valence-electron chi connectivity index (χ4n) is 2.29. The van der Waals surface area contributed by atoms with E-state index in [0.717, 1.165) is 22.9 Å². The first-order valence-corrected chi connectivity index (χ1v) is 8.84. The molecule has 1 amide bonds. The predicted octanol–water partition coefficient (Wildman–Crippen LogP) is 4.21. The van der Waals surface area contributed by atoms with E-state index in [0.29, 0.717) is 17.9 Å². The van der Waals surface area contributed by atoms with Crippen molar-refractivity contribution < 1.29 is 9.53 Å². The van der Waals surface area contributed by atoms with Crippen molar-refractivity contribution in [3.8, 4) is 11.8 Å². The summed E-state index contributed by atoms with van der Waals surface area (Å²) in [5, 5.41) is 12.2. The molecule has 5 heteroatoms. The molecule has 0 unspecified atom stereocenters. The Morgan fingerprint density at radius 3 is 2.72 bits per heavy atom. The van der Waals surface area contributed by atoms with E-state index in [-0.39, 0.29) is 17.5 Å². The second kappa shape index (κ2) is 8.00. The Labute approximate surface area is 155 Å². The Bertz CT molecular complexity index is 837. The van der Waals surface area contributed by atoms with Crippen LogP contribution in [-0.2, 0) is 11.4 Å². The number of carbonyl (C=O) groups is 1. The molecular formula is C20H17BrN2O2. The van der Waals surface area contributed by atoms with Gasteiger partial charge in [-0.15, -0.1) is 0 Å². The van der Waals surface area contributed by atoms with Crippen LogP contribution in [0.2, 0.25) is 0 Å². The van der Waals surface area contributed by atoms with Gasteiger partial charge in [-0.2, -0.15) is 5.26 Å². The number of nitrogens with one attached hydrogen (secondary N) is 1. The molecule has 1 aliphatic rings. The second-order valence-electron chi connectivity index (χ2n) is 5.87. The summed E-state index contributed by atoms with van der Waals surface area (Å²) in [5.41, 5.74) is 1.81. The van der Waals surface area contributed by atoms with Crippen LogP contribution in [0.5, 0.6) is 5.75 Å². The van der Waals surface area contributed by atoms with Gasteiger partial charge in [0.2, 0.25) is 0 Å². The van der Waals surface area contributed by atoms with Gasteiger partial charge in [0, 0.05) is 16.1 Å². The van der Waals surface area contributed by atoms with Gasteiger partial charge < -0.3 is 10.1 Å². The van der Waals surface area contributed by atoms with Crippen LogP contribution in [0, 0.1) is 11.3 Å². The summed E-state index contributed by atoms with van der Waals surface area (Å²) in [6.07, 6.45) is 3.53. The van der Waals surface area contributed by atoms with Crippen LogP contribution in [0.4, 0.5) is 0 Å². The maximum Gasteiger partial charge on any atom is 0.262 e. The molecule has 0 radical (unpaired) electrons. The lowest BCUT2D eigenvalue weighted by Crippen LogP contribution is -2.26. The summed E-state index contributed by atoms with van der Waals surface area (Å²) in [6, 6.07) is 17.6. The Hall–Kier alpha value is -2.58. The summed E-state index contributed by atoms with van der Waals surface area (Å²) >= 11 is 3.42. The molecule has 126 valence electrons. The molecule has 0 aliphatic heterocycles. The van der Waals surface area contributed by atoms with E-state index in [9.17, 15) is 10.1 Å². The highest BCUT2D eigenvalue weighted by Gasteiger charge is 2.24. The van der Waals surface area contributed by atoms with Crippen molar-refractivity contribution in [2.24, 2.45) is 0 Å². The Kier molecular flexibility index (Phi) is 5.52. The van der Waals surface area contributed by atoms with Gasteiger partial charge in [0.05, 0.1) is 0 Å². The highest BCUT2D eigenvalue weighted by Crippen LogP contribution is 2.27. The van der Waals surface area contributed by atoms with Crippen molar-refractivity contribution in [3.63, 3.8) is 0 Å². The van der Waals surface area contributed by atoms with Gasteiger partial charge in [0.1, 0.15) is 24.0 Å². The van der Waals surface area contributed by atoms with Crippen LogP contribution in [-0.4, -0.2) is 11.9 Å². The molecule has 3 rings (SSSR count). The molecule has 0 bridgehead atoms. The standard InChI is InChI=1S/C20H17BrN2O2/c21-17-6-9-19(25-13-14-4-2-1-3-5-14)15(11-17)10-16(12-22)20(24)23-18-7-8-18/h1-6,9-11,18H,7-8,13H2,(H,23,24)/b16-10+. The largest absolute Gasteiger partial charge is 0.488 e. The van der Waals surface area contributed by atoms with E-state index in [1.54, 1.807) is 6.08 Å². The molecule has 1 N–H and O–H groups in total. The number of ether oxygens (including phenoxy) is 1. The van der Waals surface area contributed by atoms with Crippen molar-refractivity contribution in [1.82, 2.24) is 5.32 Å². The predicted molar refractivity (Wildman–Crippen MR) is 99.7 cm³/mol. The van der Waals surface area contributed by atoms with E-state index in [1.165, 1.54) is 0 Å². The van der Waals surface area contributed by atoms with E-state index in [4.69, 9.17) is 4.74 Å². The molecule has 2 aromatic rings. The molecule has 0 saturated heterocycles. The number of hydrogen-bond donors (Lipinski definition) is 1. The SMILES string of the molecule is N#C/C(=C\c1cc(Br)ccc1OCc1ccccc1)C(=O)NC1CC1. The van der Waals surface area contributed by atoms with Gasteiger partial charge in [-0.1, -0.05) is 46.3 Å². The number of rotatable bonds is 6. The van der Waals surface area contributed by atoms with Crippen LogP contribution in [0.25, 0.3) is 6.08 Å². The number of hydrogen-bond acceptors (Lipinski definition) is 3. The minimum Gasteiger partial charge on any atom is -0.488 e. The highest BCUT2D eigenvalue weighted by molar-refractivity contribution is 9.10. The van der Waals surface area contributed by atoms with Gasteiger partial charge in [0.15, 0.2) is 0 Å². The Balaban J connectivity index is 1.81. The van der Waals surface area contributed by atoms with Crippen molar-refractivity contribution in [2.45, 2.75) is 25.5 Å². The number of nitrogens with zero attached hydrogens (tertiary/aromatic N) is 1. The molecule has 1 fully saturated rings. The second-order valence-corrected chi connectivity index (χ2v) is 6.79. The molecule has 4 nitrogen and oxygen atoms in total. The van der Waals surface area contributed by atoms with Crippen LogP contribution >= 0.6 is 15.9 Å². The summed E-state index contributed by atoms with van der Waals surface area (Å²) in [5.74, 6) is 0.290. The third-order valence-electron chi connectivity index (χ3n) is 3.79. The zero-order valence-electron chi connectivity index (χ0n) is 13.5. The van der Waals surface area contributed by atoms with Gasteiger partial charge >= 0.3 is 0 Å².